The van der Waals surface area contributed by atoms with Gasteiger partial charge in [0.2, 0.25) is 11.8 Å². The van der Waals surface area contributed by atoms with Crippen molar-refractivity contribution in [3.8, 4) is 0 Å². The molecule has 0 radical (unpaired) electrons. The molecule has 2 aromatic carbocycles. The summed E-state index contributed by atoms with van der Waals surface area (Å²) < 4.78 is 45.8. The van der Waals surface area contributed by atoms with Gasteiger partial charge >= 0.3 is 12.3 Å². The van der Waals surface area contributed by atoms with Gasteiger partial charge in [0.05, 0.1) is 5.56 Å². The van der Waals surface area contributed by atoms with Crippen LogP contribution < -0.4 is 16.0 Å². The van der Waals surface area contributed by atoms with Crippen LogP contribution in [0.3, 0.4) is 0 Å². The molecule has 0 saturated carbocycles. The van der Waals surface area contributed by atoms with E-state index in [0.717, 1.165) is 11.6 Å². The Morgan fingerprint density at radius 1 is 1.09 bits per heavy atom. The number of hydrogen-bond donors (Lipinski definition) is 3. The van der Waals surface area contributed by atoms with E-state index in [1.54, 1.807) is 32.9 Å². The van der Waals surface area contributed by atoms with Crippen LogP contribution in [0.1, 0.15) is 43.9 Å². The molecule has 1 heterocycles. The maximum atomic E-state index is 13.5. The van der Waals surface area contributed by atoms with Crippen molar-refractivity contribution in [3.63, 3.8) is 0 Å². The number of benzene rings is 2. The van der Waals surface area contributed by atoms with Crippen molar-refractivity contribution in [2.24, 2.45) is 0 Å². The molecule has 3 amide bonds. The maximum Gasteiger partial charge on any atom is 0.416 e. The normalized spacial score (nSPS) is 16.9. The second-order valence-corrected chi connectivity index (χ2v) is 9.30. The number of nitrogens with one attached hydrogen (secondary N) is 3. The van der Waals surface area contributed by atoms with E-state index in [-0.39, 0.29) is 12.0 Å². The predicted molar refractivity (Wildman–Crippen MR) is 124 cm³/mol. The molecule has 3 N–H and O–H groups in total. The molecule has 3 rings (SSSR count). The van der Waals surface area contributed by atoms with Crippen LogP contribution in [0.15, 0.2) is 48.5 Å². The van der Waals surface area contributed by atoms with Gasteiger partial charge in [-0.1, -0.05) is 36.4 Å². The van der Waals surface area contributed by atoms with Crippen LogP contribution in [0.2, 0.25) is 0 Å². The van der Waals surface area contributed by atoms with Crippen LogP contribution in [0.25, 0.3) is 0 Å². The van der Waals surface area contributed by atoms with Gasteiger partial charge < -0.3 is 20.7 Å². The monoisotopic (exact) mass is 491 g/mol. The first-order valence-electron chi connectivity index (χ1n) is 11.2. The first kappa shape index (κ1) is 26.1. The van der Waals surface area contributed by atoms with Crippen LogP contribution in [-0.4, -0.2) is 35.6 Å². The van der Waals surface area contributed by atoms with Gasteiger partial charge in [-0.2, -0.15) is 13.2 Å². The van der Waals surface area contributed by atoms with Gasteiger partial charge in [0.1, 0.15) is 17.7 Å². The van der Waals surface area contributed by atoms with E-state index in [9.17, 15) is 27.6 Å². The molecule has 0 aliphatic carbocycles. The highest BCUT2D eigenvalue weighted by atomic mass is 19.4. The minimum atomic E-state index is -4.64. The molecule has 2 atom stereocenters. The molecule has 1 aliphatic heterocycles. The average Bonchev–Trinajstić information content (AvgIpc) is 2.90. The highest BCUT2D eigenvalue weighted by Crippen LogP contribution is 2.32. The second kappa shape index (κ2) is 10.4. The first-order valence-corrected chi connectivity index (χ1v) is 11.2. The molecule has 0 fully saturated rings. The van der Waals surface area contributed by atoms with E-state index in [4.69, 9.17) is 4.74 Å². The number of rotatable bonds is 5. The largest absolute Gasteiger partial charge is 0.444 e. The topological polar surface area (TPSA) is 96.5 Å². The number of anilines is 1. The molecule has 0 aromatic heterocycles. The lowest BCUT2D eigenvalue weighted by molar-refractivity contribution is -0.138. The van der Waals surface area contributed by atoms with E-state index in [1.165, 1.54) is 18.2 Å². The van der Waals surface area contributed by atoms with Crippen molar-refractivity contribution in [2.45, 2.75) is 63.9 Å². The lowest BCUT2D eigenvalue weighted by atomic mass is 9.98. The molecular formula is C25H28F3N3O4. The Hall–Kier alpha value is -3.56. The third-order valence-corrected chi connectivity index (χ3v) is 5.36. The van der Waals surface area contributed by atoms with E-state index < -0.39 is 53.8 Å². The summed E-state index contributed by atoms with van der Waals surface area (Å²) in [6.07, 6.45) is -5.26. The molecule has 0 bridgehead atoms. The summed E-state index contributed by atoms with van der Waals surface area (Å²) in [6.45, 7) is 4.86. The smallest absolute Gasteiger partial charge is 0.416 e. The summed E-state index contributed by atoms with van der Waals surface area (Å²) in [7, 11) is 0. The minimum Gasteiger partial charge on any atom is -0.444 e. The summed E-state index contributed by atoms with van der Waals surface area (Å²) in [5, 5.41) is 7.71. The van der Waals surface area contributed by atoms with Gasteiger partial charge in [0.15, 0.2) is 0 Å². The number of para-hydroxylation sites is 1. The van der Waals surface area contributed by atoms with Gasteiger partial charge in [0, 0.05) is 12.1 Å². The zero-order chi connectivity index (χ0) is 25.8. The summed E-state index contributed by atoms with van der Waals surface area (Å²) in [4.78, 5) is 38.3. The van der Waals surface area contributed by atoms with Crippen molar-refractivity contribution >= 4 is 23.6 Å². The number of ether oxygens (including phenoxy) is 1. The Labute approximate surface area is 201 Å². The lowest BCUT2D eigenvalue weighted by Crippen LogP contribution is -2.54. The fourth-order valence-corrected chi connectivity index (χ4v) is 3.77. The van der Waals surface area contributed by atoms with Crippen molar-refractivity contribution in [1.82, 2.24) is 10.6 Å². The highest BCUT2D eigenvalue weighted by molar-refractivity contribution is 5.99. The number of aryl methyl sites for hydroxylation is 1. The van der Waals surface area contributed by atoms with Gasteiger partial charge in [-0.15, -0.1) is 0 Å². The van der Waals surface area contributed by atoms with Gasteiger partial charge in [-0.05, 0) is 56.9 Å². The summed E-state index contributed by atoms with van der Waals surface area (Å²) in [6, 6.07) is 9.70. The van der Waals surface area contributed by atoms with Crippen molar-refractivity contribution in [2.75, 3.05) is 5.32 Å². The van der Waals surface area contributed by atoms with Gasteiger partial charge in [-0.25, -0.2) is 4.79 Å². The Bertz CT molecular complexity index is 1100. The summed E-state index contributed by atoms with van der Waals surface area (Å²) in [5.74, 6) is -1.24. The Morgan fingerprint density at radius 3 is 2.43 bits per heavy atom. The number of carbonyl (C=O) groups is 3. The molecule has 1 aliphatic rings. The lowest BCUT2D eigenvalue weighted by Gasteiger charge is -2.25. The van der Waals surface area contributed by atoms with Crippen LogP contribution in [-0.2, 0) is 33.3 Å². The van der Waals surface area contributed by atoms with Crippen LogP contribution >= 0.6 is 0 Å². The molecule has 188 valence electrons. The van der Waals surface area contributed by atoms with E-state index in [1.807, 2.05) is 12.1 Å². The molecule has 1 unspecified atom stereocenters. The molecule has 2 aromatic rings. The van der Waals surface area contributed by atoms with Gasteiger partial charge in [0.25, 0.3) is 0 Å². The van der Waals surface area contributed by atoms with E-state index >= 15 is 0 Å². The summed E-state index contributed by atoms with van der Waals surface area (Å²) in [5.41, 5.74) is -0.431. The second-order valence-electron chi connectivity index (χ2n) is 9.30. The maximum absolute atomic E-state index is 13.5. The zero-order valence-electron chi connectivity index (χ0n) is 19.7. The molecule has 35 heavy (non-hydrogen) atoms. The first-order chi connectivity index (χ1) is 16.3. The third-order valence-electron chi connectivity index (χ3n) is 5.36. The number of carbonyl (C=O) groups excluding carboxylic acids is 3. The zero-order valence-corrected chi connectivity index (χ0v) is 19.7. The fraction of sp³-hybridized carbons (Fsp3) is 0.400. The Kier molecular flexibility index (Phi) is 7.72. The number of alkyl halides is 3. The number of halogens is 3. The fourth-order valence-electron chi connectivity index (χ4n) is 3.77. The Balaban J connectivity index is 1.81. The molecule has 0 spiro atoms. The Morgan fingerprint density at radius 2 is 1.74 bits per heavy atom. The van der Waals surface area contributed by atoms with Crippen LogP contribution in [0.4, 0.5) is 23.7 Å². The average molecular weight is 492 g/mol. The third kappa shape index (κ3) is 7.21. The summed E-state index contributed by atoms with van der Waals surface area (Å²) >= 11 is 0. The predicted octanol–water partition coefficient (Wildman–Crippen LogP) is 4.21. The van der Waals surface area contributed by atoms with E-state index in [2.05, 4.69) is 16.0 Å². The van der Waals surface area contributed by atoms with Crippen molar-refractivity contribution in [1.29, 1.82) is 0 Å². The van der Waals surface area contributed by atoms with Crippen molar-refractivity contribution < 1.29 is 32.3 Å². The van der Waals surface area contributed by atoms with E-state index in [0.29, 0.717) is 12.1 Å². The molecule has 0 saturated heterocycles. The number of hydrogen-bond acceptors (Lipinski definition) is 4. The number of fused-ring (bicyclic) bond motifs is 1. The SMILES string of the molecule is CC(C)(C)OC(=O)NC(Cc1ccccc1C(F)(F)F)C(=O)N[C@@H]1CCc2ccccc2NC1=O. The number of alkyl carbamates (subject to hydrolysis) is 1. The number of amides is 3. The van der Waals surface area contributed by atoms with Gasteiger partial charge in [-0.3, -0.25) is 9.59 Å². The minimum absolute atomic E-state index is 0.172. The van der Waals surface area contributed by atoms with Crippen molar-refractivity contribution in [3.05, 3.63) is 65.2 Å². The molecule has 7 nitrogen and oxygen atoms in total. The quantitative estimate of drug-likeness (QED) is 0.584. The van der Waals surface area contributed by atoms with Crippen LogP contribution in [0.5, 0.6) is 0 Å². The highest BCUT2D eigenvalue weighted by Gasteiger charge is 2.35. The standard InChI is InChI=1S/C25H28F3N3O4/c1-24(2,3)35-23(34)31-20(14-16-9-4-6-10-17(16)25(26,27)28)22(33)30-19-13-12-15-8-5-7-11-18(15)29-21(19)32/h4-11,19-20H,12-14H2,1-3H3,(H,29,32)(H,30,33)(H,31,34)/t19-,20?/m1/s1. The van der Waals surface area contributed by atoms with Crippen LogP contribution in [0, 0.1) is 0 Å². The molecule has 10 heteroatoms. The molecular weight excluding hydrogens is 463 g/mol.